The van der Waals surface area contributed by atoms with Crippen molar-refractivity contribution in [2.24, 2.45) is 5.92 Å². The van der Waals surface area contributed by atoms with E-state index in [4.69, 9.17) is 9.26 Å². The van der Waals surface area contributed by atoms with Crippen LogP contribution < -0.4 is 10.1 Å². The summed E-state index contributed by atoms with van der Waals surface area (Å²) in [5.74, 6) is 1.14. The van der Waals surface area contributed by atoms with Gasteiger partial charge in [-0.2, -0.15) is 4.98 Å². The van der Waals surface area contributed by atoms with Gasteiger partial charge in [-0.25, -0.2) is 0 Å². The van der Waals surface area contributed by atoms with Gasteiger partial charge in [0.15, 0.2) is 5.82 Å². The van der Waals surface area contributed by atoms with E-state index in [-0.39, 0.29) is 24.8 Å². The quantitative estimate of drug-likeness (QED) is 0.836. The minimum absolute atomic E-state index is 0.0915. The maximum absolute atomic E-state index is 13.0. The fourth-order valence-corrected chi connectivity index (χ4v) is 3.13. The summed E-state index contributed by atoms with van der Waals surface area (Å²) in [5.41, 5.74) is 1.39. The molecule has 1 aliphatic rings. The number of amides is 2. The molecule has 8 heteroatoms. The van der Waals surface area contributed by atoms with Crippen LogP contribution in [0.2, 0.25) is 0 Å². The molecule has 0 fully saturated rings. The van der Waals surface area contributed by atoms with Gasteiger partial charge in [0.25, 0.3) is 0 Å². The molecule has 1 aromatic carbocycles. The minimum atomic E-state index is -0.573. The van der Waals surface area contributed by atoms with Crippen LogP contribution in [0.4, 0.5) is 5.69 Å². The van der Waals surface area contributed by atoms with E-state index in [1.807, 2.05) is 0 Å². The second-order valence-electron chi connectivity index (χ2n) is 7.15. The molecular weight excluding hydrogens is 348 g/mol. The number of nitrogens with one attached hydrogen (secondary N) is 1. The summed E-state index contributed by atoms with van der Waals surface area (Å²) in [7, 11) is 3.24. The lowest BCUT2D eigenvalue weighted by Gasteiger charge is -2.28. The summed E-state index contributed by atoms with van der Waals surface area (Å²) in [6.45, 7) is 4.36. The average molecular weight is 372 g/mol. The summed E-state index contributed by atoms with van der Waals surface area (Å²) in [6, 6.07) is 5.30. The van der Waals surface area contributed by atoms with Gasteiger partial charge in [0.05, 0.1) is 19.6 Å². The third-order valence-electron chi connectivity index (χ3n) is 4.44. The van der Waals surface area contributed by atoms with Crippen molar-refractivity contribution in [3.63, 3.8) is 0 Å². The van der Waals surface area contributed by atoms with Gasteiger partial charge in [-0.3, -0.25) is 9.59 Å². The van der Waals surface area contributed by atoms with Crippen molar-refractivity contribution in [3.8, 4) is 5.75 Å². The molecule has 2 aromatic rings. The topological polar surface area (TPSA) is 97.6 Å². The number of nitrogens with zero attached hydrogens (tertiary/aromatic N) is 3. The van der Waals surface area contributed by atoms with Crippen LogP contribution in [0.15, 0.2) is 22.7 Å². The Bertz CT molecular complexity index is 846. The highest BCUT2D eigenvalue weighted by Gasteiger charge is 2.33. The molecule has 1 aromatic heterocycles. The van der Waals surface area contributed by atoms with Crippen molar-refractivity contribution in [1.29, 1.82) is 0 Å². The van der Waals surface area contributed by atoms with Gasteiger partial charge in [0.2, 0.25) is 17.7 Å². The number of carbonyl (C=O) groups is 2. The Kier molecular flexibility index (Phi) is 5.43. The highest BCUT2D eigenvalue weighted by Crippen LogP contribution is 2.36. The first-order chi connectivity index (χ1) is 12.9. The van der Waals surface area contributed by atoms with Crippen LogP contribution in [-0.2, 0) is 22.6 Å². The summed E-state index contributed by atoms with van der Waals surface area (Å²) < 4.78 is 10.5. The number of rotatable bonds is 6. The number of hydrogen-bond donors (Lipinski definition) is 1. The first-order valence-corrected chi connectivity index (χ1v) is 8.91. The van der Waals surface area contributed by atoms with Crippen molar-refractivity contribution in [3.05, 3.63) is 35.5 Å². The number of benzene rings is 1. The minimum Gasteiger partial charge on any atom is -0.497 e. The smallest absolute Gasteiger partial charge is 0.230 e. The molecule has 3 rings (SSSR count). The van der Waals surface area contributed by atoms with Crippen LogP contribution in [0.5, 0.6) is 5.75 Å². The molecule has 0 saturated heterocycles. The summed E-state index contributed by atoms with van der Waals surface area (Å²) >= 11 is 0. The van der Waals surface area contributed by atoms with E-state index in [0.717, 1.165) is 5.56 Å². The number of hydrogen-bond acceptors (Lipinski definition) is 6. The molecule has 0 aliphatic carbocycles. The van der Waals surface area contributed by atoms with Crippen LogP contribution in [0.3, 0.4) is 0 Å². The van der Waals surface area contributed by atoms with Crippen molar-refractivity contribution in [2.45, 2.75) is 39.2 Å². The third-order valence-corrected chi connectivity index (χ3v) is 4.44. The number of ether oxygens (including phenoxy) is 1. The Labute approximate surface area is 157 Å². The summed E-state index contributed by atoms with van der Waals surface area (Å²) in [5, 5.41) is 6.75. The number of fused-ring (bicyclic) bond motifs is 1. The molecule has 27 heavy (non-hydrogen) atoms. The van der Waals surface area contributed by atoms with Crippen molar-refractivity contribution in [1.82, 2.24) is 15.0 Å². The normalized spacial score (nSPS) is 16.0. The van der Waals surface area contributed by atoms with Gasteiger partial charge in [0, 0.05) is 25.6 Å². The molecular formula is C19H24N4O4. The van der Waals surface area contributed by atoms with E-state index in [2.05, 4.69) is 29.3 Å². The standard InChI is InChI=1S/C19H24N4O4/c1-11(2)7-18-21-16(22-27-18)10-23(3)19(25)14-9-17(24)20-15-6-5-12(26-4)8-13(14)15/h5-6,8,11,14H,7,9-10H2,1-4H3,(H,20,24). The monoisotopic (exact) mass is 372 g/mol. The van der Waals surface area contributed by atoms with Crippen LogP contribution in [0.25, 0.3) is 0 Å². The van der Waals surface area contributed by atoms with Crippen molar-refractivity contribution >= 4 is 17.5 Å². The number of aromatic nitrogens is 2. The second-order valence-corrected chi connectivity index (χ2v) is 7.15. The number of methoxy groups -OCH3 is 1. The molecule has 144 valence electrons. The summed E-state index contributed by atoms with van der Waals surface area (Å²) in [6.07, 6.45) is 0.787. The largest absolute Gasteiger partial charge is 0.497 e. The van der Waals surface area contributed by atoms with E-state index < -0.39 is 5.92 Å². The van der Waals surface area contributed by atoms with E-state index in [9.17, 15) is 9.59 Å². The Morgan fingerprint density at radius 3 is 2.93 bits per heavy atom. The number of anilines is 1. The zero-order chi connectivity index (χ0) is 19.6. The molecule has 1 atom stereocenters. The zero-order valence-corrected chi connectivity index (χ0v) is 16.0. The third kappa shape index (κ3) is 4.27. The lowest BCUT2D eigenvalue weighted by molar-refractivity contribution is -0.134. The Balaban J connectivity index is 1.77. The average Bonchev–Trinajstić information content (AvgIpc) is 3.05. The predicted molar refractivity (Wildman–Crippen MR) is 98.3 cm³/mol. The lowest BCUT2D eigenvalue weighted by Crippen LogP contribution is -2.36. The van der Waals surface area contributed by atoms with Crippen molar-refractivity contribution < 1.29 is 18.8 Å². The van der Waals surface area contributed by atoms with Gasteiger partial charge in [-0.05, 0) is 29.7 Å². The fraction of sp³-hybridized carbons (Fsp3) is 0.474. The SMILES string of the molecule is COc1ccc2c(c1)C(C(=O)N(C)Cc1noc(CC(C)C)n1)CC(=O)N2. The molecule has 0 spiro atoms. The molecule has 0 bridgehead atoms. The molecule has 1 N–H and O–H groups in total. The fourth-order valence-electron chi connectivity index (χ4n) is 3.13. The summed E-state index contributed by atoms with van der Waals surface area (Å²) in [4.78, 5) is 30.9. The van der Waals surface area contributed by atoms with Crippen molar-refractivity contribution in [2.75, 3.05) is 19.5 Å². The second kappa shape index (κ2) is 7.77. The van der Waals surface area contributed by atoms with Gasteiger partial charge in [-0.15, -0.1) is 0 Å². The van der Waals surface area contributed by atoms with Crippen LogP contribution in [0, 0.1) is 5.92 Å². The first-order valence-electron chi connectivity index (χ1n) is 8.91. The van der Waals surface area contributed by atoms with Crippen LogP contribution in [0.1, 0.15) is 43.5 Å². The highest BCUT2D eigenvalue weighted by atomic mass is 16.5. The molecule has 8 nitrogen and oxygen atoms in total. The Morgan fingerprint density at radius 2 is 2.22 bits per heavy atom. The van der Waals surface area contributed by atoms with Crippen LogP contribution in [-0.4, -0.2) is 41.0 Å². The van der Waals surface area contributed by atoms with E-state index in [0.29, 0.717) is 35.5 Å². The Hall–Kier alpha value is -2.90. The molecule has 2 heterocycles. The molecule has 0 radical (unpaired) electrons. The zero-order valence-electron chi connectivity index (χ0n) is 16.0. The molecule has 2 amide bonds. The number of likely N-dealkylation sites (N-methyl/N-ethyl adjacent to an activating group) is 1. The van der Waals surface area contributed by atoms with Gasteiger partial charge in [0.1, 0.15) is 5.75 Å². The number of carbonyl (C=O) groups excluding carboxylic acids is 2. The van der Waals surface area contributed by atoms with E-state index in [1.165, 1.54) is 4.90 Å². The maximum atomic E-state index is 13.0. The van der Waals surface area contributed by atoms with Gasteiger partial charge in [-0.1, -0.05) is 19.0 Å². The van der Waals surface area contributed by atoms with Gasteiger partial charge >= 0.3 is 0 Å². The first kappa shape index (κ1) is 18.9. The molecule has 0 saturated carbocycles. The van der Waals surface area contributed by atoms with E-state index >= 15 is 0 Å². The van der Waals surface area contributed by atoms with E-state index in [1.54, 1.807) is 32.4 Å². The Morgan fingerprint density at radius 1 is 1.44 bits per heavy atom. The van der Waals surface area contributed by atoms with Gasteiger partial charge < -0.3 is 19.5 Å². The van der Waals surface area contributed by atoms with Crippen LogP contribution >= 0.6 is 0 Å². The predicted octanol–water partition coefficient (Wildman–Crippen LogP) is 2.36. The molecule has 1 aliphatic heterocycles. The lowest BCUT2D eigenvalue weighted by atomic mass is 9.89. The maximum Gasteiger partial charge on any atom is 0.230 e. The highest BCUT2D eigenvalue weighted by molar-refractivity contribution is 6.01. The molecule has 1 unspecified atom stereocenters.